The van der Waals surface area contributed by atoms with Crippen LogP contribution in [-0.4, -0.2) is 81.2 Å². The van der Waals surface area contributed by atoms with Gasteiger partial charge in [0.1, 0.15) is 0 Å². The summed E-state index contributed by atoms with van der Waals surface area (Å²) in [7, 11) is 0. The number of fused-ring (bicyclic) bond motifs is 1. The van der Waals surface area contributed by atoms with E-state index in [-0.39, 0.29) is 24.3 Å². The summed E-state index contributed by atoms with van der Waals surface area (Å²) in [6.07, 6.45) is 6.38. The maximum Gasteiger partial charge on any atom is 0.261 e. The lowest BCUT2D eigenvalue weighted by atomic mass is 10.1. The highest BCUT2D eigenvalue weighted by Crippen LogP contribution is 2.22. The number of nitrogens with zero attached hydrogens (tertiary/aromatic N) is 5. The first kappa shape index (κ1) is 19.3. The third kappa shape index (κ3) is 4.22. The highest BCUT2D eigenvalue weighted by Gasteiger charge is 2.34. The van der Waals surface area contributed by atoms with Crippen molar-refractivity contribution in [1.82, 2.24) is 24.3 Å². The van der Waals surface area contributed by atoms with E-state index in [4.69, 9.17) is 0 Å². The van der Waals surface area contributed by atoms with Gasteiger partial charge in [-0.1, -0.05) is 12.1 Å². The first-order valence-electron chi connectivity index (χ1n) is 10.0. The molecule has 0 bridgehead atoms. The molecule has 3 amide bonds. The Hall–Kier alpha value is -3.00. The molecular weight excluding hydrogens is 370 g/mol. The van der Waals surface area contributed by atoms with Crippen molar-refractivity contribution in [1.29, 1.82) is 0 Å². The number of carbonyl (C=O) groups is 3. The normalized spacial score (nSPS) is 17.1. The molecule has 8 nitrogen and oxygen atoms in total. The summed E-state index contributed by atoms with van der Waals surface area (Å²) in [6, 6.07) is 6.86. The predicted octanol–water partition coefficient (Wildman–Crippen LogP) is 1.10. The zero-order chi connectivity index (χ0) is 20.2. The molecule has 4 rings (SSSR count). The van der Waals surface area contributed by atoms with Gasteiger partial charge >= 0.3 is 0 Å². The van der Waals surface area contributed by atoms with Gasteiger partial charge in [0.2, 0.25) is 5.91 Å². The molecule has 1 saturated heterocycles. The van der Waals surface area contributed by atoms with Gasteiger partial charge in [-0.05, 0) is 18.6 Å². The summed E-state index contributed by atoms with van der Waals surface area (Å²) >= 11 is 0. The molecule has 0 atom stereocenters. The highest BCUT2D eigenvalue weighted by atomic mass is 16.2. The lowest BCUT2D eigenvalue weighted by Gasteiger charge is -2.34. The lowest BCUT2D eigenvalue weighted by Crippen LogP contribution is -2.49. The second kappa shape index (κ2) is 8.57. The quantitative estimate of drug-likeness (QED) is 0.656. The van der Waals surface area contributed by atoms with E-state index in [2.05, 4.69) is 14.5 Å². The number of carbonyl (C=O) groups excluding carboxylic acids is 3. The largest absolute Gasteiger partial charge is 0.340 e. The third-order valence-corrected chi connectivity index (χ3v) is 5.61. The SMILES string of the molecule is O=C(CCCN1C(=O)c2ccccc2C1=O)N1CCN(CCn2ccnc2)CC1. The number of hydrogen-bond acceptors (Lipinski definition) is 5. The van der Waals surface area contributed by atoms with E-state index in [1.807, 2.05) is 17.4 Å². The minimum absolute atomic E-state index is 0.0934. The fourth-order valence-corrected chi connectivity index (χ4v) is 3.89. The summed E-state index contributed by atoms with van der Waals surface area (Å²) in [5, 5.41) is 0. The summed E-state index contributed by atoms with van der Waals surface area (Å²) < 4.78 is 2.05. The Balaban J connectivity index is 1.18. The van der Waals surface area contributed by atoms with Crippen LogP contribution in [0.4, 0.5) is 0 Å². The fraction of sp³-hybridized carbons (Fsp3) is 0.429. The summed E-state index contributed by atoms with van der Waals surface area (Å²) in [4.78, 5) is 46.8. The van der Waals surface area contributed by atoms with E-state index in [0.29, 0.717) is 24.0 Å². The van der Waals surface area contributed by atoms with Crippen LogP contribution < -0.4 is 0 Å². The van der Waals surface area contributed by atoms with Crippen LogP contribution >= 0.6 is 0 Å². The number of benzene rings is 1. The number of amides is 3. The Kier molecular flexibility index (Phi) is 5.71. The number of imidazole rings is 1. The molecule has 2 aliphatic rings. The van der Waals surface area contributed by atoms with Gasteiger partial charge in [0, 0.05) is 64.6 Å². The van der Waals surface area contributed by atoms with Crippen molar-refractivity contribution in [3.8, 4) is 0 Å². The molecule has 8 heteroatoms. The molecule has 152 valence electrons. The van der Waals surface area contributed by atoms with Crippen LogP contribution in [0.3, 0.4) is 0 Å². The van der Waals surface area contributed by atoms with Gasteiger partial charge in [-0.2, -0.15) is 0 Å². The molecule has 1 aromatic carbocycles. The Bertz CT molecular complexity index is 852. The van der Waals surface area contributed by atoms with E-state index < -0.39 is 0 Å². The van der Waals surface area contributed by atoms with Crippen molar-refractivity contribution in [2.24, 2.45) is 0 Å². The standard InChI is InChI=1S/C21H25N5O3/c27-19(25-14-12-23(13-15-25)10-11-24-9-7-22-16-24)6-3-8-26-20(28)17-4-1-2-5-18(17)21(26)29/h1-2,4-5,7,9,16H,3,6,8,10-15H2. The van der Waals surface area contributed by atoms with Crippen LogP contribution in [0.2, 0.25) is 0 Å². The van der Waals surface area contributed by atoms with Crippen molar-refractivity contribution in [3.05, 3.63) is 54.1 Å². The number of imide groups is 1. The lowest BCUT2D eigenvalue weighted by molar-refractivity contribution is -0.133. The molecule has 2 aliphatic heterocycles. The third-order valence-electron chi connectivity index (χ3n) is 5.61. The van der Waals surface area contributed by atoms with Crippen molar-refractivity contribution in [2.45, 2.75) is 19.4 Å². The van der Waals surface area contributed by atoms with Crippen LogP contribution in [-0.2, 0) is 11.3 Å². The maximum atomic E-state index is 12.5. The van der Waals surface area contributed by atoms with E-state index >= 15 is 0 Å². The highest BCUT2D eigenvalue weighted by molar-refractivity contribution is 6.21. The van der Waals surface area contributed by atoms with Crippen LogP contribution in [0, 0.1) is 0 Å². The second-order valence-corrected chi connectivity index (χ2v) is 7.43. The molecule has 1 aromatic heterocycles. The molecule has 0 aliphatic carbocycles. The minimum Gasteiger partial charge on any atom is -0.340 e. The second-order valence-electron chi connectivity index (χ2n) is 7.43. The zero-order valence-electron chi connectivity index (χ0n) is 16.4. The molecule has 0 unspecified atom stereocenters. The average molecular weight is 395 g/mol. The summed E-state index contributed by atoms with van der Waals surface area (Å²) in [5.41, 5.74) is 0.909. The Morgan fingerprint density at radius 2 is 1.62 bits per heavy atom. The number of aromatic nitrogens is 2. The van der Waals surface area contributed by atoms with Gasteiger partial charge in [-0.25, -0.2) is 4.98 Å². The van der Waals surface area contributed by atoms with Crippen molar-refractivity contribution in [3.63, 3.8) is 0 Å². The molecule has 29 heavy (non-hydrogen) atoms. The summed E-state index contributed by atoms with van der Waals surface area (Å²) in [5.74, 6) is -0.426. The van der Waals surface area contributed by atoms with E-state index in [1.54, 1.807) is 30.5 Å². The Morgan fingerprint density at radius 1 is 0.931 bits per heavy atom. The van der Waals surface area contributed by atoms with Crippen molar-refractivity contribution in [2.75, 3.05) is 39.3 Å². The van der Waals surface area contributed by atoms with Crippen LogP contribution in [0.5, 0.6) is 0 Å². The predicted molar refractivity (Wildman–Crippen MR) is 106 cm³/mol. The minimum atomic E-state index is -0.260. The van der Waals surface area contributed by atoms with E-state index in [1.165, 1.54) is 4.90 Å². The fourth-order valence-electron chi connectivity index (χ4n) is 3.89. The number of hydrogen-bond donors (Lipinski definition) is 0. The van der Waals surface area contributed by atoms with E-state index in [0.717, 1.165) is 39.3 Å². The summed E-state index contributed by atoms with van der Waals surface area (Å²) in [6.45, 7) is 5.28. The number of piperazine rings is 1. The van der Waals surface area contributed by atoms with Gasteiger partial charge in [0.15, 0.2) is 0 Å². The van der Waals surface area contributed by atoms with Gasteiger partial charge in [-0.15, -0.1) is 0 Å². The molecule has 1 fully saturated rings. The topological polar surface area (TPSA) is 78.8 Å². The molecular formula is C21H25N5O3. The van der Waals surface area contributed by atoms with Crippen LogP contribution in [0.15, 0.2) is 43.0 Å². The monoisotopic (exact) mass is 395 g/mol. The Morgan fingerprint density at radius 3 is 2.24 bits per heavy atom. The molecule has 0 N–H and O–H groups in total. The van der Waals surface area contributed by atoms with Gasteiger partial charge in [-0.3, -0.25) is 24.2 Å². The smallest absolute Gasteiger partial charge is 0.261 e. The molecule has 3 heterocycles. The first-order chi connectivity index (χ1) is 14.1. The molecule has 0 radical (unpaired) electrons. The molecule has 0 spiro atoms. The van der Waals surface area contributed by atoms with Crippen LogP contribution in [0.25, 0.3) is 0 Å². The van der Waals surface area contributed by atoms with Crippen LogP contribution in [0.1, 0.15) is 33.6 Å². The maximum absolute atomic E-state index is 12.5. The Labute approximate surface area is 169 Å². The van der Waals surface area contributed by atoms with Crippen molar-refractivity contribution < 1.29 is 14.4 Å². The van der Waals surface area contributed by atoms with Crippen molar-refractivity contribution >= 4 is 17.7 Å². The first-order valence-corrected chi connectivity index (χ1v) is 10.0. The van der Waals surface area contributed by atoms with Gasteiger partial charge in [0.25, 0.3) is 11.8 Å². The molecule has 2 aromatic rings. The van der Waals surface area contributed by atoms with Gasteiger partial charge in [0.05, 0.1) is 17.5 Å². The average Bonchev–Trinajstić information content (AvgIpc) is 3.35. The number of rotatable bonds is 7. The van der Waals surface area contributed by atoms with E-state index in [9.17, 15) is 14.4 Å². The zero-order valence-corrected chi connectivity index (χ0v) is 16.4. The molecule has 0 saturated carbocycles. The van der Waals surface area contributed by atoms with Gasteiger partial charge < -0.3 is 9.47 Å².